The largest absolute Gasteiger partial charge is 0.491 e. The third-order valence-corrected chi connectivity index (χ3v) is 6.58. The molecule has 1 N–H and O–H groups in total. The summed E-state index contributed by atoms with van der Waals surface area (Å²) in [4.78, 5) is 18.3. The summed E-state index contributed by atoms with van der Waals surface area (Å²) in [6, 6.07) is 13.0. The number of rotatable bonds is 6. The zero-order valence-electron chi connectivity index (χ0n) is 17.6. The van der Waals surface area contributed by atoms with Crippen LogP contribution in [-0.2, 0) is 10.2 Å². The van der Waals surface area contributed by atoms with Crippen LogP contribution in [0.2, 0.25) is 10.0 Å². The van der Waals surface area contributed by atoms with Crippen molar-refractivity contribution in [1.29, 1.82) is 0 Å². The molecular weight excluding hydrogens is 431 g/mol. The van der Waals surface area contributed by atoms with E-state index in [4.69, 9.17) is 27.9 Å². The van der Waals surface area contributed by atoms with Crippen LogP contribution < -0.4 is 10.1 Å². The number of fused-ring (bicyclic) bond motifs is 1. The molecule has 0 aliphatic heterocycles. The van der Waals surface area contributed by atoms with Crippen molar-refractivity contribution in [3.63, 3.8) is 0 Å². The fourth-order valence-electron chi connectivity index (χ4n) is 4.48. The predicted molar refractivity (Wildman–Crippen MR) is 127 cm³/mol. The van der Waals surface area contributed by atoms with Crippen molar-refractivity contribution in [3.05, 3.63) is 64.3 Å². The molecule has 1 heterocycles. The molecule has 0 radical (unpaired) electrons. The van der Waals surface area contributed by atoms with Gasteiger partial charge in [0, 0.05) is 21.6 Å². The lowest BCUT2D eigenvalue weighted by Crippen LogP contribution is -2.42. The number of nitrogens with one attached hydrogen (secondary N) is 1. The number of halogens is 2. The van der Waals surface area contributed by atoms with Gasteiger partial charge in [0.05, 0.1) is 17.7 Å². The number of pyridine rings is 1. The summed E-state index contributed by atoms with van der Waals surface area (Å²) >= 11 is 12.7. The first-order chi connectivity index (χ1) is 15.0. The number of hydrogen-bond donors (Lipinski definition) is 1. The second-order valence-corrected chi connectivity index (χ2v) is 8.92. The zero-order valence-corrected chi connectivity index (χ0v) is 19.1. The second-order valence-electron chi connectivity index (χ2n) is 8.08. The Morgan fingerprint density at radius 3 is 2.68 bits per heavy atom. The van der Waals surface area contributed by atoms with E-state index < -0.39 is 5.41 Å². The third-order valence-electron chi connectivity index (χ3n) is 6.03. The maximum absolute atomic E-state index is 13.8. The molecule has 0 atom stereocenters. The first kappa shape index (κ1) is 21.9. The molecule has 0 bridgehead atoms. The molecule has 0 unspecified atom stereocenters. The molecule has 31 heavy (non-hydrogen) atoms. The van der Waals surface area contributed by atoms with Crippen LogP contribution in [0.25, 0.3) is 10.9 Å². The normalized spacial score (nSPS) is 15.6. The lowest BCUT2D eigenvalue weighted by atomic mass is 9.68. The molecule has 1 aliphatic carbocycles. The van der Waals surface area contributed by atoms with Gasteiger partial charge in [-0.3, -0.25) is 9.78 Å². The molecule has 4 nitrogen and oxygen atoms in total. The van der Waals surface area contributed by atoms with Crippen molar-refractivity contribution in [2.24, 2.45) is 0 Å². The van der Waals surface area contributed by atoms with Gasteiger partial charge in [-0.05, 0) is 61.2 Å². The number of carbonyl (C=O) groups excluding carboxylic acids is 1. The number of aromatic nitrogens is 1. The van der Waals surface area contributed by atoms with E-state index in [-0.39, 0.29) is 5.91 Å². The van der Waals surface area contributed by atoms with Crippen LogP contribution in [0.4, 0.5) is 5.69 Å². The van der Waals surface area contributed by atoms with Gasteiger partial charge in [-0.1, -0.05) is 55.5 Å². The van der Waals surface area contributed by atoms with Gasteiger partial charge in [0.1, 0.15) is 11.3 Å². The molecule has 1 fully saturated rings. The van der Waals surface area contributed by atoms with Crippen LogP contribution in [0.3, 0.4) is 0 Å². The van der Waals surface area contributed by atoms with Crippen LogP contribution >= 0.6 is 23.2 Å². The highest BCUT2D eigenvalue weighted by molar-refractivity contribution is 6.35. The maximum atomic E-state index is 13.8. The highest BCUT2D eigenvalue weighted by Gasteiger charge is 2.42. The Balaban J connectivity index is 1.72. The van der Waals surface area contributed by atoms with Gasteiger partial charge in [-0.2, -0.15) is 0 Å². The minimum Gasteiger partial charge on any atom is -0.491 e. The number of benzene rings is 2. The number of carbonyl (C=O) groups is 1. The highest BCUT2D eigenvalue weighted by Crippen LogP contribution is 2.44. The van der Waals surface area contributed by atoms with E-state index in [0.29, 0.717) is 16.7 Å². The van der Waals surface area contributed by atoms with Crippen LogP contribution in [0.1, 0.15) is 51.0 Å². The monoisotopic (exact) mass is 456 g/mol. The lowest BCUT2D eigenvalue weighted by Gasteiger charge is -2.37. The predicted octanol–water partition coefficient (Wildman–Crippen LogP) is 7.17. The van der Waals surface area contributed by atoms with Gasteiger partial charge < -0.3 is 10.1 Å². The molecule has 6 heteroatoms. The van der Waals surface area contributed by atoms with E-state index in [1.54, 1.807) is 12.3 Å². The summed E-state index contributed by atoms with van der Waals surface area (Å²) in [5.74, 6) is 0.687. The van der Waals surface area contributed by atoms with E-state index in [1.165, 1.54) is 0 Å². The van der Waals surface area contributed by atoms with Crippen molar-refractivity contribution in [3.8, 4) is 5.75 Å². The van der Waals surface area contributed by atoms with Crippen LogP contribution in [0, 0.1) is 0 Å². The van der Waals surface area contributed by atoms with Gasteiger partial charge in [-0.15, -0.1) is 0 Å². The molecule has 1 aromatic heterocycles. The molecular formula is C25H26Cl2N2O2. The van der Waals surface area contributed by atoms with Crippen LogP contribution in [0.15, 0.2) is 48.7 Å². The summed E-state index contributed by atoms with van der Waals surface area (Å²) in [6.07, 6.45) is 7.26. The van der Waals surface area contributed by atoms with Gasteiger partial charge in [0.15, 0.2) is 0 Å². The molecule has 1 aliphatic rings. The average molecular weight is 457 g/mol. The maximum Gasteiger partial charge on any atom is 0.235 e. The second kappa shape index (κ2) is 9.46. The fraction of sp³-hybridized carbons (Fsp3) is 0.360. The molecule has 1 saturated carbocycles. The summed E-state index contributed by atoms with van der Waals surface area (Å²) in [5.41, 5.74) is 1.65. The number of anilines is 1. The Morgan fingerprint density at radius 1 is 1.13 bits per heavy atom. The summed E-state index contributed by atoms with van der Waals surface area (Å²) in [5, 5.41) is 5.16. The molecule has 162 valence electrons. The molecule has 3 aromatic rings. The summed E-state index contributed by atoms with van der Waals surface area (Å²) in [7, 11) is 0. The van der Waals surface area contributed by atoms with Gasteiger partial charge in [0.2, 0.25) is 5.91 Å². The topological polar surface area (TPSA) is 51.2 Å². The van der Waals surface area contributed by atoms with Crippen molar-refractivity contribution in [2.45, 2.75) is 50.9 Å². The number of nitrogens with zero attached hydrogens (tertiary/aromatic N) is 1. The Labute approximate surface area is 192 Å². The Morgan fingerprint density at radius 2 is 1.94 bits per heavy atom. The smallest absolute Gasteiger partial charge is 0.235 e. The summed E-state index contributed by atoms with van der Waals surface area (Å²) in [6.45, 7) is 2.69. The van der Waals surface area contributed by atoms with Crippen LogP contribution in [0.5, 0.6) is 5.75 Å². The van der Waals surface area contributed by atoms with Crippen molar-refractivity contribution >= 4 is 45.7 Å². The number of amides is 1. The molecule has 2 aromatic carbocycles. The zero-order chi connectivity index (χ0) is 21.8. The quantitative estimate of drug-likeness (QED) is 0.427. The number of ether oxygens (including phenoxy) is 1. The lowest BCUT2D eigenvalue weighted by molar-refractivity contribution is -0.122. The number of hydrogen-bond acceptors (Lipinski definition) is 3. The van der Waals surface area contributed by atoms with E-state index in [0.717, 1.165) is 66.4 Å². The van der Waals surface area contributed by atoms with E-state index in [2.05, 4.69) is 17.2 Å². The average Bonchev–Trinajstić information content (AvgIpc) is 2.79. The van der Waals surface area contributed by atoms with Gasteiger partial charge >= 0.3 is 0 Å². The Bertz CT molecular complexity index is 1090. The first-order valence-corrected chi connectivity index (χ1v) is 11.6. The molecule has 0 saturated heterocycles. The van der Waals surface area contributed by atoms with Gasteiger partial charge in [-0.25, -0.2) is 0 Å². The third kappa shape index (κ3) is 4.37. The van der Waals surface area contributed by atoms with Gasteiger partial charge in [0.25, 0.3) is 0 Å². The summed E-state index contributed by atoms with van der Waals surface area (Å²) < 4.78 is 5.86. The van der Waals surface area contributed by atoms with Crippen molar-refractivity contribution in [1.82, 2.24) is 4.98 Å². The first-order valence-electron chi connectivity index (χ1n) is 10.8. The van der Waals surface area contributed by atoms with Crippen LogP contribution in [-0.4, -0.2) is 17.5 Å². The fourth-order valence-corrected chi connectivity index (χ4v) is 5.07. The Kier molecular flexibility index (Phi) is 6.68. The molecule has 0 spiro atoms. The highest BCUT2D eigenvalue weighted by atomic mass is 35.5. The molecule has 4 rings (SSSR count). The van der Waals surface area contributed by atoms with Crippen molar-refractivity contribution in [2.75, 3.05) is 11.9 Å². The van der Waals surface area contributed by atoms with Crippen molar-refractivity contribution < 1.29 is 9.53 Å². The van der Waals surface area contributed by atoms with E-state index in [9.17, 15) is 4.79 Å². The minimum atomic E-state index is -0.675. The van der Waals surface area contributed by atoms with E-state index in [1.807, 2.05) is 36.4 Å². The standard InChI is InChI=1S/C25H26Cl2N2O2/c1-2-15-31-22-11-10-21(18-7-6-14-28-23(18)22)29-24(30)25(12-4-3-5-13-25)19-9-8-17(26)16-20(19)27/h6-11,14,16H,2-5,12-13,15H2,1H3,(H,29,30). The minimum absolute atomic E-state index is 0.0381. The Hall–Kier alpha value is -2.30. The SMILES string of the molecule is CCCOc1ccc(NC(=O)C2(c3ccc(Cl)cc3Cl)CCCCC2)c2cccnc12. The van der Waals surface area contributed by atoms with E-state index >= 15 is 0 Å². The molecule has 1 amide bonds.